The summed E-state index contributed by atoms with van der Waals surface area (Å²) in [5, 5.41) is 5.15. The van der Waals surface area contributed by atoms with Gasteiger partial charge in [0.1, 0.15) is 23.5 Å². The lowest BCUT2D eigenvalue weighted by Gasteiger charge is -2.07. The monoisotopic (exact) mass is 585 g/mol. The molecule has 3 aromatic heterocycles. The molecule has 0 radical (unpaired) electrons. The Labute approximate surface area is 254 Å². The van der Waals surface area contributed by atoms with E-state index in [0.29, 0.717) is 0 Å². The van der Waals surface area contributed by atoms with Gasteiger partial charge in [0.25, 0.3) is 10.0 Å². The summed E-state index contributed by atoms with van der Waals surface area (Å²) in [6.45, 7) is 3.32. The van der Waals surface area contributed by atoms with Crippen molar-refractivity contribution in [2.75, 3.05) is 0 Å². The fourth-order valence-corrected chi connectivity index (χ4v) is 8.08. The largest absolute Gasteiger partial charge is 0.340 e. The van der Waals surface area contributed by atoms with Crippen molar-refractivity contribution in [3.05, 3.63) is 106 Å². The van der Waals surface area contributed by atoms with Gasteiger partial charge in [-0.2, -0.15) is 9.13 Å². The third-order valence-corrected chi connectivity index (χ3v) is 10.6. The number of aryl methyl sites for hydroxylation is 3. The van der Waals surface area contributed by atoms with Crippen LogP contribution in [-0.4, -0.2) is 4.57 Å². The van der Waals surface area contributed by atoms with E-state index in [4.69, 9.17) is 0 Å². The number of hydrogen-bond acceptors (Lipinski definition) is 2. The smallest absolute Gasteiger partial charge is 0.262 e. The number of para-hydroxylation sites is 2. The molecule has 0 spiro atoms. The molecular weight excluding hydrogens is 551 g/mol. The van der Waals surface area contributed by atoms with E-state index in [1.54, 1.807) is 0 Å². The molecule has 0 N–H and O–H groups in total. The number of nitrogens with zero attached hydrogens (tertiary/aromatic N) is 3. The normalized spacial score (nSPS) is 12.4. The first-order chi connectivity index (χ1) is 20.6. The van der Waals surface area contributed by atoms with E-state index in [2.05, 4.69) is 144 Å². The maximum Gasteiger partial charge on any atom is 0.262 e. The summed E-state index contributed by atoms with van der Waals surface area (Å²) in [5.41, 5.74) is 7.65. The van der Waals surface area contributed by atoms with Gasteiger partial charge in [-0.15, -0.1) is 0 Å². The minimum absolute atomic E-state index is 1.05. The molecule has 0 atom stereocenters. The maximum absolute atomic E-state index is 2.53. The van der Waals surface area contributed by atoms with Crippen molar-refractivity contribution in [1.29, 1.82) is 0 Å². The maximum atomic E-state index is 2.53. The van der Waals surface area contributed by atoms with E-state index in [1.807, 2.05) is 22.7 Å². The summed E-state index contributed by atoms with van der Waals surface area (Å²) >= 11 is 3.67. The molecule has 7 rings (SSSR count). The van der Waals surface area contributed by atoms with Crippen LogP contribution in [0, 0.1) is 0 Å². The number of hydrogen-bond donors (Lipinski definition) is 0. The van der Waals surface area contributed by atoms with Gasteiger partial charge in [0.15, 0.2) is 0 Å². The van der Waals surface area contributed by atoms with Crippen molar-refractivity contribution in [3.63, 3.8) is 0 Å². The highest BCUT2D eigenvalue weighted by Gasteiger charge is 2.16. The fourth-order valence-electron chi connectivity index (χ4n) is 5.97. The van der Waals surface area contributed by atoms with Gasteiger partial charge in [-0.25, -0.2) is 0 Å². The molecule has 0 fully saturated rings. The predicted octanol–water partition coefficient (Wildman–Crippen LogP) is 9.40. The summed E-state index contributed by atoms with van der Waals surface area (Å²) < 4.78 is 9.72. The first-order valence-electron chi connectivity index (χ1n) is 14.8. The number of thiazole rings is 2. The first kappa shape index (κ1) is 26.8. The molecular formula is C37H35N3S2+2. The molecule has 0 amide bonds. The first-order valence-corrected chi connectivity index (χ1v) is 16.4. The van der Waals surface area contributed by atoms with Crippen molar-refractivity contribution in [2.45, 2.75) is 32.7 Å². The molecule has 42 heavy (non-hydrogen) atoms. The van der Waals surface area contributed by atoms with Crippen LogP contribution in [0.15, 0.2) is 84.9 Å². The second-order valence-corrected chi connectivity index (χ2v) is 13.1. The van der Waals surface area contributed by atoms with Gasteiger partial charge in [0.05, 0.1) is 0 Å². The van der Waals surface area contributed by atoms with Crippen molar-refractivity contribution in [2.24, 2.45) is 14.1 Å². The Bertz CT molecular complexity index is 1990. The predicted molar refractivity (Wildman–Crippen MR) is 183 cm³/mol. The van der Waals surface area contributed by atoms with Crippen LogP contribution in [0.2, 0.25) is 0 Å². The van der Waals surface area contributed by atoms with Crippen molar-refractivity contribution in [3.8, 4) is 0 Å². The topological polar surface area (TPSA) is 12.7 Å². The van der Waals surface area contributed by atoms with Crippen LogP contribution in [0.3, 0.4) is 0 Å². The Morgan fingerprint density at radius 2 is 1.12 bits per heavy atom. The number of benzene rings is 4. The lowest BCUT2D eigenvalue weighted by atomic mass is 10.1. The Hall–Kier alpha value is -4.06. The molecule has 7 aromatic rings. The number of aromatic nitrogens is 3. The van der Waals surface area contributed by atoms with Gasteiger partial charge >= 0.3 is 0 Å². The molecule has 0 unspecified atom stereocenters. The second kappa shape index (κ2) is 11.3. The lowest BCUT2D eigenvalue weighted by molar-refractivity contribution is -0.642. The SMILES string of the molecule is CCCCCn1c2ccc(/C=C/c3sc4ccccc4[n+]3C)cc2c2cc(/C=C/c3sc4ccccc4[n+]3C)ccc21. The third kappa shape index (κ3) is 4.87. The number of unbranched alkanes of at least 4 members (excludes halogenated alkanes) is 2. The van der Waals surface area contributed by atoms with Gasteiger partial charge < -0.3 is 4.57 Å². The standard InChI is InChI=1S/C37H35N3S2/c1-4-5-10-23-40-30-19-15-26(17-21-36-38(2)32-11-6-8-13-34(32)41-36)24-28(30)29-25-27(16-20-31(29)40)18-22-37-39(3)33-12-7-9-14-35(33)42-37/h6-9,11-22,24-25H,4-5,10,23H2,1-3H3/q+2. The van der Waals surface area contributed by atoms with Gasteiger partial charge in [0, 0.05) is 52.6 Å². The molecule has 0 aliphatic carbocycles. The highest BCUT2D eigenvalue weighted by Crippen LogP contribution is 2.32. The highest BCUT2D eigenvalue weighted by molar-refractivity contribution is 7.19. The van der Waals surface area contributed by atoms with E-state index >= 15 is 0 Å². The Balaban J connectivity index is 1.28. The zero-order chi connectivity index (χ0) is 28.6. The Kier molecular flexibility index (Phi) is 7.22. The van der Waals surface area contributed by atoms with Crippen LogP contribution in [0.4, 0.5) is 0 Å². The molecule has 5 heteroatoms. The molecule has 0 saturated heterocycles. The van der Waals surface area contributed by atoms with Crippen LogP contribution in [0.25, 0.3) is 66.5 Å². The lowest BCUT2D eigenvalue weighted by Crippen LogP contribution is -2.28. The molecule has 3 heterocycles. The quantitative estimate of drug-likeness (QED) is 0.124. The Morgan fingerprint density at radius 1 is 0.619 bits per heavy atom. The summed E-state index contributed by atoms with van der Waals surface area (Å²) in [5.74, 6) is 0. The van der Waals surface area contributed by atoms with Crippen LogP contribution in [0.5, 0.6) is 0 Å². The summed E-state index contributed by atoms with van der Waals surface area (Å²) in [7, 11) is 4.30. The van der Waals surface area contributed by atoms with E-state index in [1.165, 1.54) is 82.6 Å². The molecule has 208 valence electrons. The van der Waals surface area contributed by atoms with E-state index in [0.717, 1.165) is 6.54 Å². The minimum atomic E-state index is 1.05. The number of rotatable bonds is 8. The van der Waals surface area contributed by atoms with E-state index < -0.39 is 0 Å². The van der Waals surface area contributed by atoms with Crippen LogP contribution < -0.4 is 9.13 Å². The summed E-state index contributed by atoms with van der Waals surface area (Å²) in [4.78, 5) is 0. The van der Waals surface area contributed by atoms with Gasteiger partial charge in [-0.1, -0.05) is 78.8 Å². The summed E-state index contributed by atoms with van der Waals surface area (Å²) in [6.07, 6.45) is 12.7. The third-order valence-electron chi connectivity index (χ3n) is 8.28. The van der Waals surface area contributed by atoms with Gasteiger partial charge in [-0.3, -0.25) is 0 Å². The van der Waals surface area contributed by atoms with E-state index in [9.17, 15) is 0 Å². The Morgan fingerprint density at radius 3 is 1.60 bits per heavy atom. The van der Waals surface area contributed by atoms with Gasteiger partial charge in [0.2, 0.25) is 11.0 Å². The molecule has 4 aromatic carbocycles. The minimum Gasteiger partial charge on any atom is -0.340 e. The van der Waals surface area contributed by atoms with Crippen molar-refractivity contribution in [1.82, 2.24) is 4.57 Å². The van der Waals surface area contributed by atoms with Crippen LogP contribution >= 0.6 is 22.7 Å². The zero-order valence-corrected chi connectivity index (χ0v) is 26.0. The molecule has 0 saturated carbocycles. The average molecular weight is 586 g/mol. The molecule has 3 nitrogen and oxygen atoms in total. The summed E-state index contributed by atoms with van der Waals surface area (Å²) in [6, 6.07) is 31.1. The zero-order valence-electron chi connectivity index (χ0n) is 24.4. The van der Waals surface area contributed by atoms with Crippen LogP contribution in [0.1, 0.15) is 47.3 Å². The second-order valence-electron chi connectivity index (χ2n) is 11.0. The van der Waals surface area contributed by atoms with Crippen molar-refractivity contribution < 1.29 is 9.13 Å². The highest BCUT2D eigenvalue weighted by atomic mass is 32.1. The van der Waals surface area contributed by atoms with Crippen molar-refractivity contribution >= 4 is 89.2 Å². The molecule has 0 aliphatic rings. The molecule has 0 bridgehead atoms. The molecule has 0 aliphatic heterocycles. The number of fused-ring (bicyclic) bond motifs is 5. The van der Waals surface area contributed by atoms with E-state index in [-0.39, 0.29) is 0 Å². The van der Waals surface area contributed by atoms with Gasteiger partial charge in [-0.05, 0) is 66.1 Å². The average Bonchev–Trinajstić information content (AvgIpc) is 3.63. The fraction of sp³-hybridized carbons (Fsp3) is 0.189. The van der Waals surface area contributed by atoms with Crippen LogP contribution in [-0.2, 0) is 20.6 Å².